The Bertz CT molecular complexity index is 861. The van der Waals surface area contributed by atoms with Crippen molar-refractivity contribution in [1.82, 2.24) is 30.1 Å². The number of pyridine rings is 1. The standard InChI is InChI=1S/C18H22ClN7O/c1-18(27)8-6-13(7-9-18)25(12-2-3-12)11-17-22-23-24-26(17)16-5-4-14(19)15(10-20)21-16/h4-5,12-13,27H,2-3,6-9,11H2,1H3. The van der Waals surface area contributed by atoms with Crippen LogP contribution < -0.4 is 0 Å². The molecule has 2 aliphatic rings. The third-order valence-corrected chi connectivity index (χ3v) is 5.83. The maximum absolute atomic E-state index is 10.2. The molecule has 8 nitrogen and oxygen atoms in total. The van der Waals surface area contributed by atoms with E-state index in [-0.39, 0.29) is 5.69 Å². The van der Waals surface area contributed by atoms with E-state index in [9.17, 15) is 5.11 Å². The number of halogens is 1. The van der Waals surface area contributed by atoms with Gasteiger partial charge in [-0.2, -0.15) is 9.94 Å². The fourth-order valence-electron chi connectivity index (χ4n) is 3.79. The van der Waals surface area contributed by atoms with Gasteiger partial charge >= 0.3 is 0 Å². The summed E-state index contributed by atoms with van der Waals surface area (Å²) in [5, 5.41) is 31.8. The van der Waals surface area contributed by atoms with Gasteiger partial charge in [0.05, 0.1) is 17.2 Å². The second-order valence-corrected chi connectivity index (χ2v) is 8.16. The lowest BCUT2D eigenvalue weighted by molar-refractivity contribution is -0.00901. The smallest absolute Gasteiger partial charge is 0.172 e. The third kappa shape index (κ3) is 3.95. The zero-order valence-electron chi connectivity index (χ0n) is 15.2. The van der Waals surface area contributed by atoms with Crippen molar-refractivity contribution in [2.24, 2.45) is 0 Å². The molecule has 4 rings (SSSR count). The molecule has 27 heavy (non-hydrogen) atoms. The molecule has 2 heterocycles. The minimum Gasteiger partial charge on any atom is -0.390 e. The van der Waals surface area contributed by atoms with Crippen LogP contribution in [0.2, 0.25) is 5.02 Å². The largest absolute Gasteiger partial charge is 0.390 e. The zero-order valence-corrected chi connectivity index (χ0v) is 16.0. The van der Waals surface area contributed by atoms with Crippen LogP contribution in [0.5, 0.6) is 0 Å². The summed E-state index contributed by atoms with van der Waals surface area (Å²) in [5.74, 6) is 1.18. The number of nitriles is 1. The Hall–Kier alpha value is -2.08. The van der Waals surface area contributed by atoms with Crippen molar-refractivity contribution >= 4 is 11.6 Å². The Kier molecular flexibility index (Phi) is 4.84. The average molecular weight is 388 g/mol. The van der Waals surface area contributed by atoms with Crippen molar-refractivity contribution in [1.29, 1.82) is 5.26 Å². The van der Waals surface area contributed by atoms with E-state index in [1.54, 1.807) is 16.8 Å². The molecule has 0 aliphatic heterocycles. The Morgan fingerprint density at radius 3 is 2.67 bits per heavy atom. The van der Waals surface area contributed by atoms with Crippen LogP contribution in [-0.2, 0) is 6.54 Å². The van der Waals surface area contributed by atoms with Gasteiger partial charge in [0.2, 0.25) is 0 Å². The molecule has 1 N–H and O–H groups in total. The van der Waals surface area contributed by atoms with Crippen LogP contribution in [0.4, 0.5) is 0 Å². The van der Waals surface area contributed by atoms with Crippen LogP contribution in [0.25, 0.3) is 5.82 Å². The van der Waals surface area contributed by atoms with Gasteiger partial charge < -0.3 is 5.11 Å². The molecule has 2 fully saturated rings. The van der Waals surface area contributed by atoms with Gasteiger partial charge in [0, 0.05) is 12.1 Å². The second kappa shape index (κ2) is 7.15. The van der Waals surface area contributed by atoms with Gasteiger partial charge in [0.25, 0.3) is 0 Å². The highest BCUT2D eigenvalue weighted by molar-refractivity contribution is 6.31. The molecule has 0 amide bonds. The number of hydrogen-bond acceptors (Lipinski definition) is 7. The van der Waals surface area contributed by atoms with E-state index < -0.39 is 5.60 Å². The summed E-state index contributed by atoms with van der Waals surface area (Å²) in [6.45, 7) is 2.54. The second-order valence-electron chi connectivity index (χ2n) is 7.75. The summed E-state index contributed by atoms with van der Waals surface area (Å²) < 4.78 is 1.57. The minimum atomic E-state index is -0.547. The van der Waals surface area contributed by atoms with Gasteiger partial charge in [-0.15, -0.1) is 5.10 Å². The lowest BCUT2D eigenvalue weighted by Crippen LogP contribution is -2.43. The SMILES string of the molecule is CC1(O)CCC(N(Cc2nnnn2-c2ccc(Cl)c(C#N)n2)C2CC2)CC1. The van der Waals surface area contributed by atoms with E-state index in [1.165, 1.54) is 12.8 Å². The summed E-state index contributed by atoms with van der Waals surface area (Å²) in [4.78, 5) is 6.74. The predicted octanol–water partition coefficient (Wildman–Crippen LogP) is 2.24. The Balaban J connectivity index is 1.56. The van der Waals surface area contributed by atoms with E-state index in [0.717, 1.165) is 25.7 Å². The van der Waals surface area contributed by atoms with Gasteiger partial charge in [-0.3, -0.25) is 4.90 Å². The molecule has 9 heteroatoms. The summed E-state index contributed by atoms with van der Waals surface area (Å²) in [7, 11) is 0. The molecule has 2 aliphatic carbocycles. The minimum absolute atomic E-state index is 0.157. The summed E-state index contributed by atoms with van der Waals surface area (Å²) in [6, 6.07) is 6.31. The van der Waals surface area contributed by atoms with Crippen molar-refractivity contribution in [2.45, 2.75) is 69.7 Å². The number of hydrogen-bond donors (Lipinski definition) is 1. The van der Waals surface area contributed by atoms with Gasteiger partial charge in [-0.25, -0.2) is 4.98 Å². The lowest BCUT2D eigenvalue weighted by atomic mass is 9.83. The first-order valence-corrected chi connectivity index (χ1v) is 9.67. The molecule has 2 aromatic rings. The first-order chi connectivity index (χ1) is 13.0. The highest BCUT2D eigenvalue weighted by Gasteiger charge is 2.38. The molecule has 0 radical (unpaired) electrons. The number of tetrazole rings is 1. The lowest BCUT2D eigenvalue weighted by Gasteiger charge is -2.39. The molecule has 0 unspecified atom stereocenters. The Labute approximate surface area is 162 Å². The summed E-state index contributed by atoms with van der Waals surface area (Å²) >= 11 is 5.98. The van der Waals surface area contributed by atoms with Crippen molar-refractivity contribution in [2.75, 3.05) is 0 Å². The van der Waals surface area contributed by atoms with E-state index in [2.05, 4.69) is 25.4 Å². The van der Waals surface area contributed by atoms with Crippen LogP contribution in [0.15, 0.2) is 12.1 Å². The van der Waals surface area contributed by atoms with Crippen molar-refractivity contribution in [3.05, 3.63) is 28.7 Å². The number of rotatable bonds is 5. The maximum atomic E-state index is 10.2. The maximum Gasteiger partial charge on any atom is 0.172 e. The average Bonchev–Trinajstić information content (AvgIpc) is 3.39. The number of nitrogens with zero attached hydrogens (tertiary/aromatic N) is 7. The molecule has 0 spiro atoms. The predicted molar refractivity (Wildman–Crippen MR) is 98.1 cm³/mol. The van der Waals surface area contributed by atoms with E-state index in [0.29, 0.717) is 35.3 Å². The third-order valence-electron chi connectivity index (χ3n) is 5.53. The van der Waals surface area contributed by atoms with Crippen LogP contribution >= 0.6 is 11.6 Å². The van der Waals surface area contributed by atoms with Crippen LogP contribution in [0, 0.1) is 11.3 Å². The van der Waals surface area contributed by atoms with Crippen molar-refractivity contribution in [3.63, 3.8) is 0 Å². The first-order valence-electron chi connectivity index (χ1n) is 9.29. The van der Waals surface area contributed by atoms with Crippen LogP contribution in [0.3, 0.4) is 0 Å². The van der Waals surface area contributed by atoms with E-state index in [1.807, 2.05) is 13.0 Å². The Morgan fingerprint density at radius 2 is 2.00 bits per heavy atom. The fraction of sp³-hybridized carbons (Fsp3) is 0.611. The van der Waals surface area contributed by atoms with Crippen molar-refractivity contribution in [3.8, 4) is 11.9 Å². The van der Waals surface area contributed by atoms with E-state index in [4.69, 9.17) is 16.9 Å². The molecule has 2 saturated carbocycles. The van der Waals surface area contributed by atoms with Crippen LogP contribution in [-0.4, -0.2) is 52.9 Å². The fourth-order valence-corrected chi connectivity index (χ4v) is 3.94. The Morgan fingerprint density at radius 1 is 1.30 bits per heavy atom. The number of aromatic nitrogens is 5. The van der Waals surface area contributed by atoms with E-state index >= 15 is 0 Å². The van der Waals surface area contributed by atoms with Crippen molar-refractivity contribution < 1.29 is 5.11 Å². The molecule has 2 aromatic heterocycles. The highest BCUT2D eigenvalue weighted by Crippen LogP contribution is 2.37. The molecule has 0 bridgehead atoms. The van der Waals surface area contributed by atoms with Gasteiger partial charge in [-0.1, -0.05) is 11.6 Å². The van der Waals surface area contributed by atoms with Crippen LogP contribution in [0.1, 0.15) is 57.0 Å². The zero-order chi connectivity index (χ0) is 19.0. The van der Waals surface area contributed by atoms with Gasteiger partial charge in [0.15, 0.2) is 17.3 Å². The van der Waals surface area contributed by atoms with Gasteiger partial charge in [0.1, 0.15) is 6.07 Å². The number of aliphatic hydroxyl groups is 1. The summed E-state index contributed by atoms with van der Waals surface area (Å²) in [5.41, 5.74) is -0.391. The monoisotopic (exact) mass is 387 g/mol. The molecule has 0 aromatic carbocycles. The molecule has 142 valence electrons. The molecular formula is C18H22ClN7O. The molecule has 0 atom stereocenters. The quantitative estimate of drug-likeness (QED) is 0.838. The molecule has 0 saturated heterocycles. The normalized spacial score (nSPS) is 25.5. The molecular weight excluding hydrogens is 366 g/mol. The summed E-state index contributed by atoms with van der Waals surface area (Å²) in [6.07, 6.45) is 5.95. The van der Waals surface area contributed by atoms with Gasteiger partial charge in [-0.05, 0) is 68.0 Å². The topological polar surface area (TPSA) is 104 Å². The highest BCUT2D eigenvalue weighted by atomic mass is 35.5. The first kappa shape index (κ1) is 18.3.